The van der Waals surface area contributed by atoms with E-state index in [-0.39, 0.29) is 15.9 Å². The highest BCUT2D eigenvalue weighted by molar-refractivity contribution is 6.34. The number of aliphatic carboxylic acids is 1. The van der Waals surface area contributed by atoms with E-state index >= 15 is 0 Å². The Kier molecular flexibility index (Phi) is 4.61. The summed E-state index contributed by atoms with van der Waals surface area (Å²) in [5.74, 6) is -1.59. The van der Waals surface area contributed by atoms with Gasteiger partial charge in [-0.25, -0.2) is 0 Å². The van der Waals surface area contributed by atoms with E-state index in [0.29, 0.717) is 0 Å². The second-order valence-corrected chi connectivity index (χ2v) is 6.13. The van der Waals surface area contributed by atoms with Crippen LogP contribution in [0.4, 0.5) is 0 Å². The van der Waals surface area contributed by atoms with E-state index in [1.165, 1.54) is 19.9 Å². The summed E-state index contributed by atoms with van der Waals surface area (Å²) in [4.78, 5) is 23.5. The Morgan fingerprint density at radius 3 is 2.25 bits per heavy atom. The monoisotopic (exact) mass is 319 g/mol. The minimum atomic E-state index is -1.18. The normalized spacial score (nSPS) is 12.1. The van der Waals surface area contributed by atoms with Crippen molar-refractivity contribution in [3.63, 3.8) is 0 Å². The van der Waals surface area contributed by atoms with Gasteiger partial charge in [0, 0.05) is 0 Å². The van der Waals surface area contributed by atoms with E-state index in [0.717, 1.165) is 0 Å². The van der Waals surface area contributed by atoms with Crippen LogP contribution >= 0.6 is 23.2 Å². The molecule has 1 aromatic heterocycles. The van der Waals surface area contributed by atoms with Crippen molar-refractivity contribution < 1.29 is 14.7 Å². The fraction of sp³-hybridized carbons (Fsp3) is 0.500. The van der Waals surface area contributed by atoms with E-state index in [1.54, 1.807) is 13.8 Å². The Morgan fingerprint density at radius 2 is 1.75 bits per heavy atom. The van der Waals surface area contributed by atoms with Gasteiger partial charge in [-0.1, -0.05) is 23.2 Å². The van der Waals surface area contributed by atoms with Gasteiger partial charge in [0.1, 0.15) is 0 Å². The third-order valence-corrected chi connectivity index (χ3v) is 3.95. The molecule has 0 aliphatic carbocycles. The van der Waals surface area contributed by atoms with Gasteiger partial charge < -0.3 is 10.4 Å². The van der Waals surface area contributed by atoms with Gasteiger partial charge in [-0.3, -0.25) is 9.59 Å². The first-order valence-corrected chi connectivity index (χ1v) is 6.49. The maximum absolute atomic E-state index is 12.2. The smallest absolute Gasteiger partial charge is 0.311 e. The predicted octanol–water partition coefficient (Wildman–Crippen LogP) is 2.40. The number of nitrogens with zero attached hydrogens (tertiary/aromatic N) is 2. The third-order valence-electron chi connectivity index (χ3n) is 3.49. The van der Waals surface area contributed by atoms with Gasteiger partial charge in [-0.05, 0) is 33.8 Å². The highest BCUT2D eigenvalue weighted by Gasteiger charge is 2.44. The lowest BCUT2D eigenvalue weighted by Crippen LogP contribution is -2.57. The molecule has 0 atom stereocenters. The number of carbonyl (C=O) groups is 2. The molecular weight excluding hydrogens is 305 g/mol. The molecule has 0 fully saturated rings. The summed E-state index contributed by atoms with van der Waals surface area (Å²) in [6.45, 7) is 6.27. The van der Waals surface area contributed by atoms with E-state index in [9.17, 15) is 14.7 Å². The maximum atomic E-state index is 12.2. The molecule has 1 amide bonds. The second kappa shape index (κ2) is 5.54. The van der Waals surface area contributed by atoms with Gasteiger partial charge in [0.05, 0.1) is 16.5 Å². The van der Waals surface area contributed by atoms with Crippen molar-refractivity contribution in [2.24, 2.45) is 5.41 Å². The Labute approximate surface area is 126 Å². The molecule has 1 heterocycles. The first-order valence-electron chi connectivity index (χ1n) is 5.73. The van der Waals surface area contributed by atoms with Crippen LogP contribution in [0.3, 0.4) is 0 Å². The minimum Gasteiger partial charge on any atom is -0.481 e. The first-order chi connectivity index (χ1) is 8.99. The summed E-state index contributed by atoms with van der Waals surface area (Å²) in [7, 11) is 0. The lowest BCUT2D eigenvalue weighted by atomic mass is 9.74. The summed E-state index contributed by atoms with van der Waals surface area (Å²) < 4.78 is 0. The zero-order valence-electron chi connectivity index (χ0n) is 11.5. The SMILES string of the molecule is CC(C)(NC(=O)c1cc(Cl)nnc1Cl)C(C)(C)C(=O)O. The fourth-order valence-corrected chi connectivity index (χ4v) is 1.61. The summed E-state index contributed by atoms with van der Waals surface area (Å²) >= 11 is 11.5. The van der Waals surface area contributed by atoms with E-state index < -0.39 is 22.8 Å². The van der Waals surface area contributed by atoms with Crippen molar-refractivity contribution in [2.75, 3.05) is 0 Å². The molecule has 0 bridgehead atoms. The standard InChI is InChI=1S/C12H15Cl2N3O3/c1-11(2,10(19)20)12(3,4)15-9(18)6-5-7(13)16-17-8(6)14/h5H,1-4H3,(H,15,18)(H,19,20). The van der Waals surface area contributed by atoms with E-state index in [1.807, 2.05) is 0 Å². The number of halogens is 2. The van der Waals surface area contributed by atoms with Crippen LogP contribution in [0, 0.1) is 5.41 Å². The van der Waals surface area contributed by atoms with Crippen LogP contribution in [0.2, 0.25) is 10.3 Å². The number of hydrogen-bond donors (Lipinski definition) is 2. The number of carboxylic acids is 1. The topological polar surface area (TPSA) is 92.2 Å². The van der Waals surface area contributed by atoms with Gasteiger partial charge in [0.15, 0.2) is 10.3 Å². The number of carboxylic acid groups (broad SMARTS) is 1. The molecule has 0 aliphatic heterocycles. The Hall–Kier alpha value is -1.40. The lowest BCUT2D eigenvalue weighted by Gasteiger charge is -2.38. The highest BCUT2D eigenvalue weighted by atomic mass is 35.5. The average molecular weight is 320 g/mol. The van der Waals surface area contributed by atoms with Gasteiger partial charge in [0.25, 0.3) is 5.91 Å². The quantitative estimate of drug-likeness (QED) is 0.889. The van der Waals surface area contributed by atoms with Gasteiger partial charge in [0.2, 0.25) is 0 Å². The molecule has 2 N–H and O–H groups in total. The average Bonchev–Trinajstić information content (AvgIpc) is 2.31. The fourth-order valence-electron chi connectivity index (χ4n) is 1.29. The van der Waals surface area contributed by atoms with Crippen LogP contribution in [-0.2, 0) is 4.79 Å². The summed E-state index contributed by atoms with van der Waals surface area (Å²) in [6.07, 6.45) is 0. The van der Waals surface area contributed by atoms with Crippen molar-refractivity contribution in [3.05, 3.63) is 21.9 Å². The molecule has 0 aliphatic rings. The molecule has 6 nitrogen and oxygen atoms in total. The predicted molar refractivity (Wildman–Crippen MR) is 75.0 cm³/mol. The second-order valence-electron chi connectivity index (χ2n) is 5.38. The summed E-state index contributed by atoms with van der Waals surface area (Å²) in [6, 6.07) is 1.27. The first kappa shape index (κ1) is 16.7. The molecule has 20 heavy (non-hydrogen) atoms. The number of nitrogens with one attached hydrogen (secondary N) is 1. The number of rotatable bonds is 4. The van der Waals surface area contributed by atoms with Crippen LogP contribution in [0.15, 0.2) is 6.07 Å². The zero-order chi connectivity index (χ0) is 15.7. The molecule has 0 radical (unpaired) electrons. The molecule has 1 rings (SSSR count). The number of carbonyl (C=O) groups excluding carboxylic acids is 1. The summed E-state index contributed by atoms with van der Waals surface area (Å²) in [5.41, 5.74) is -2.16. The Bertz CT molecular complexity index is 559. The van der Waals surface area contributed by atoms with Crippen LogP contribution in [0.25, 0.3) is 0 Å². The van der Waals surface area contributed by atoms with Crippen LogP contribution in [0.5, 0.6) is 0 Å². The molecule has 0 saturated heterocycles. The van der Waals surface area contributed by atoms with Gasteiger partial charge in [-0.15, -0.1) is 10.2 Å². The molecule has 0 spiro atoms. The van der Waals surface area contributed by atoms with Gasteiger partial charge >= 0.3 is 5.97 Å². The Balaban J connectivity index is 3.06. The highest BCUT2D eigenvalue weighted by Crippen LogP contribution is 2.31. The molecule has 110 valence electrons. The van der Waals surface area contributed by atoms with Gasteiger partial charge in [-0.2, -0.15) is 0 Å². The molecule has 0 unspecified atom stereocenters. The molecule has 0 saturated carbocycles. The zero-order valence-corrected chi connectivity index (χ0v) is 13.0. The van der Waals surface area contributed by atoms with Crippen molar-refractivity contribution in [3.8, 4) is 0 Å². The van der Waals surface area contributed by atoms with Crippen LogP contribution < -0.4 is 5.32 Å². The Morgan fingerprint density at radius 1 is 1.20 bits per heavy atom. The molecule has 1 aromatic rings. The third kappa shape index (κ3) is 3.19. The molecular formula is C12H15Cl2N3O3. The number of amides is 1. The lowest BCUT2D eigenvalue weighted by molar-refractivity contribution is -0.150. The van der Waals surface area contributed by atoms with Crippen molar-refractivity contribution >= 4 is 35.1 Å². The van der Waals surface area contributed by atoms with Crippen LogP contribution in [0.1, 0.15) is 38.1 Å². The number of hydrogen-bond acceptors (Lipinski definition) is 4. The summed E-state index contributed by atoms with van der Waals surface area (Å²) in [5, 5.41) is 18.8. The van der Waals surface area contributed by atoms with Crippen LogP contribution in [-0.4, -0.2) is 32.7 Å². The van der Waals surface area contributed by atoms with E-state index in [4.69, 9.17) is 23.2 Å². The molecule has 8 heteroatoms. The maximum Gasteiger partial charge on any atom is 0.311 e. The van der Waals surface area contributed by atoms with E-state index in [2.05, 4.69) is 15.5 Å². The van der Waals surface area contributed by atoms with Crippen molar-refractivity contribution in [2.45, 2.75) is 33.2 Å². The largest absolute Gasteiger partial charge is 0.481 e. The van der Waals surface area contributed by atoms with Crippen molar-refractivity contribution in [1.82, 2.24) is 15.5 Å². The minimum absolute atomic E-state index is 0.0230. The molecule has 0 aromatic carbocycles. The number of aromatic nitrogens is 2. The van der Waals surface area contributed by atoms with Crippen molar-refractivity contribution in [1.29, 1.82) is 0 Å².